The van der Waals surface area contributed by atoms with Crippen molar-refractivity contribution in [3.05, 3.63) is 63.5 Å². The van der Waals surface area contributed by atoms with E-state index in [0.717, 1.165) is 9.13 Å². The van der Waals surface area contributed by atoms with E-state index in [-0.39, 0.29) is 5.91 Å². The largest absolute Gasteiger partial charge is 0.271 e. The van der Waals surface area contributed by atoms with Crippen LogP contribution in [0.3, 0.4) is 0 Å². The summed E-state index contributed by atoms with van der Waals surface area (Å²) >= 11 is 2.23. The molecule has 2 aromatic rings. The number of aromatic nitrogens is 1. The van der Waals surface area contributed by atoms with Gasteiger partial charge in [0.1, 0.15) is 0 Å². The van der Waals surface area contributed by atoms with Crippen LogP contribution in [0.1, 0.15) is 15.9 Å². The maximum Gasteiger partial charge on any atom is 0.271 e. The molecule has 1 aromatic carbocycles. The highest BCUT2D eigenvalue weighted by Gasteiger charge is 2.01. The van der Waals surface area contributed by atoms with Gasteiger partial charge in [-0.05, 0) is 52.4 Å². The van der Waals surface area contributed by atoms with Gasteiger partial charge in [-0.25, -0.2) is 5.43 Å². The molecule has 0 spiro atoms. The fraction of sp³-hybridized carbons (Fsp3) is 0. The van der Waals surface area contributed by atoms with E-state index in [0.29, 0.717) is 5.56 Å². The molecule has 90 valence electrons. The number of amides is 1. The van der Waals surface area contributed by atoms with Gasteiger partial charge in [-0.1, -0.05) is 12.1 Å². The molecule has 0 fully saturated rings. The minimum Gasteiger partial charge on any atom is -0.267 e. The predicted molar refractivity (Wildman–Crippen MR) is 78.5 cm³/mol. The zero-order chi connectivity index (χ0) is 12.8. The van der Waals surface area contributed by atoms with E-state index in [1.54, 1.807) is 30.7 Å². The van der Waals surface area contributed by atoms with Crippen LogP contribution in [0.5, 0.6) is 0 Å². The lowest BCUT2D eigenvalue weighted by molar-refractivity contribution is 0.0955. The molecule has 1 amide bonds. The fourth-order valence-corrected chi connectivity index (χ4v) is 1.64. The number of rotatable bonds is 3. The normalized spacial score (nSPS) is 10.5. The molecule has 0 aliphatic rings. The van der Waals surface area contributed by atoms with E-state index in [1.165, 1.54) is 0 Å². The van der Waals surface area contributed by atoms with Gasteiger partial charge in [-0.2, -0.15) is 5.10 Å². The van der Waals surface area contributed by atoms with Crippen LogP contribution in [-0.2, 0) is 0 Å². The van der Waals surface area contributed by atoms with Crippen LogP contribution in [0, 0.1) is 3.57 Å². The van der Waals surface area contributed by atoms with Gasteiger partial charge in [0.25, 0.3) is 5.91 Å². The van der Waals surface area contributed by atoms with Crippen molar-refractivity contribution >= 4 is 34.7 Å². The summed E-state index contributed by atoms with van der Waals surface area (Å²) in [4.78, 5) is 15.5. The number of benzene rings is 1. The first-order valence-corrected chi connectivity index (χ1v) is 6.32. The molecule has 1 aromatic heterocycles. The van der Waals surface area contributed by atoms with Crippen molar-refractivity contribution in [3.8, 4) is 0 Å². The number of nitrogens with one attached hydrogen (secondary N) is 1. The summed E-state index contributed by atoms with van der Waals surface area (Å²) in [6.45, 7) is 0. The third kappa shape index (κ3) is 3.63. The molecular weight excluding hydrogens is 341 g/mol. The SMILES string of the molecule is O=C(NN=Cc1ccc(I)cc1)c1ccncc1. The molecule has 0 aliphatic carbocycles. The van der Waals surface area contributed by atoms with Gasteiger partial charge in [0, 0.05) is 21.5 Å². The van der Waals surface area contributed by atoms with Crippen LogP contribution in [0.15, 0.2) is 53.9 Å². The number of hydrogen-bond donors (Lipinski definition) is 1. The molecule has 0 aliphatic heterocycles. The smallest absolute Gasteiger partial charge is 0.267 e. The molecule has 0 saturated carbocycles. The second kappa shape index (κ2) is 6.25. The number of halogens is 1. The number of carbonyl (C=O) groups is 1. The Balaban J connectivity index is 1.96. The average Bonchev–Trinajstić information content (AvgIpc) is 2.42. The van der Waals surface area contributed by atoms with Gasteiger partial charge in [0.05, 0.1) is 6.21 Å². The van der Waals surface area contributed by atoms with Gasteiger partial charge in [-0.15, -0.1) is 0 Å². The molecule has 4 nitrogen and oxygen atoms in total. The predicted octanol–water partition coefficient (Wildman–Crippen LogP) is 2.45. The maximum absolute atomic E-state index is 11.6. The molecule has 0 unspecified atom stereocenters. The Morgan fingerprint density at radius 2 is 1.83 bits per heavy atom. The van der Waals surface area contributed by atoms with Crippen molar-refractivity contribution in [3.63, 3.8) is 0 Å². The van der Waals surface area contributed by atoms with Crippen LogP contribution in [0.4, 0.5) is 0 Å². The van der Waals surface area contributed by atoms with Gasteiger partial charge < -0.3 is 0 Å². The lowest BCUT2D eigenvalue weighted by Crippen LogP contribution is -2.17. The summed E-state index contributed by atoms with van der Waals surface area (Å²) in [5.74, 6) is -0.251. The first kappa shape index (κ1) is 12.7. The van der Waals surface area contributed by atoms with Crippen LogP contribution in [0.25, 0.3) is 0 Å². The van der Waals surface area contributed by atoms with Gasteiger partial charge in [0.2, 0.25) is 0 Å². The summed E-state index contributed by atoms with van der Waals surface area (Å²) in [5.41, 5.74) is 3.93. The molecule has 1 heterocycles. The second-order valence-corrected chi connectivity index (χ2v) is 4.73. The standard InChI is InChI=1S/C13H10IN3O/c14-12-3-1-10(2-4-12)9-16-17-13(18)11-5-7-15-8-6-11/h1-9H,(H,17,18). The Morgan fingerprint density at radius 3 is 2.50 bits per heavy atom. The van der Waals surface area contributed by atoms with E-state index in [2.05, 4.69) is 38.1 Å². The topological polar surface area (TPSA) is 54.4 Å². The summed E-state index contributed by atoms with van der Waals surface area (Å²) < 4.78 is 1.16. The first-order valence-electron chi connectivity index (χ1n) is 5.25. The molecule has 5 heteroatoms. The summed E-state index contributed by atoms with van der Waals surface area (Å²) in [6, 6.07) is 11.1. The Bertz CT molecular complexity index is 552. The Labute approximate surface area is 118 Å². The zero-order valence-electron chi connectivity index (χ0n) is 9.38. The van der Waals surface area contributed by atoms with Crippen LogP contribution in [0.2, 0.25) is 0 Å². The third-order valence-electron chi connectivity index (χ3n) is 2.19. The average molecular weight is 351 g/mol. The van der Waals surface area contributed by atoms with E-state index in [4.69, 9.17) is 0 Å². The number of nitrogens with zero attached hydrogens (tertiary/aromatic N) is 2. The molecule has 2 rings (SSSR count). The number of carbonyl (C=O) groups excluding carboxylic acids is 1. The van der Waals surface area contributed by atoms with Crippen LogP contribution < -0.4 is 5.43 Å². The second-order valence-electron chi connectivity index (χ2n) is 3.49. The van der Waals surface area contributed by atoms with E-state index >= 15 is 0 Å². The zero-order valence-corrected chi connectivity index (χ0v) is 11.5. The Hall–Kier alpha value is -1.76. The van der Waals surface area contributed by atoms with Crippen molar-refractivity contribution in [2.24, 2.45) is 5.10 Å². The fourth-order valence-electron chi connectivity index (χ4n) is 1.28. The molecule has 1 N–H and O–H groups in total. The Morgan fingerprint density at radius 1 is 1.17 bits per heavy atom. The summed E-state index contributed by atoms with van der Waals surface area (Å²) in [7, 11) is 0. The Kier molecular flexibility index (Phi) is 4.40. The molecule has 0 atom stereocenters. The monoisotopic (exact) mass is 351 g/mol. The number of hydrazone groups is 1. The minimum absolute atomic E-state index is 0.251. The van der Waals surface area contributed by atoms with Gasteiger partial charge in [0.15, 0.2) is 0 Å². The van der Waals surface area contributed by atoms with Gasteiger partial charge in [-0.3, -0.25) is 9.78 Å². The van der Waals surface area contributed by atoms with Crippen molar-refractivity contribution in [1.82, 2.24) is 10.4 Å². The van der Waals surface area contributed by atoms with Crippen LogP contribution in [-0.4, -0.2) is 17.1 Å². The number of hydrogen-bond acceptors (Lipinski definition) is 3. The maximum atomic E-state index is 11.6. The molecule has 0 saturated heterocycles. The lowest BCUT2D eigenvalue weighted by atomic mass is 10.2. The molecule has 0 radical (unpaired) electrons. The summed E-state index contributed by atoms with van der Waals surface area (Å²) in [5, 5.41) is 3.90. The van der Waals surface area contributed by atoms with Crippen molar-refractivity contribution in [2.45, 2.75) is 0 Å². The van der Waals surface area contributed by atoms with Crippen molar-refractivity contribution < 1.29 is 4.79 Å². The number of pyridine rings is 1. The first-order chi connectivity index (χ1) is 8.75. The minimum atomic E-state index is -0.251. The molecule has 0 bridgehead atoms. The highest BCUT2D eigenvalue weighted by atomic mass is 127. The van der Waals surface area contributed by atoms with E-state index < -0.39 is 0 Å². The molecule has 18 heavy (non-hydrogen) atoms. The van der Waals surface area contributed by atoms with Gasteiger partial charge >= 0.3 is 0 Å². The summed E-state index contributed by atoms with van der Waals surface area (Å²) in [6.07, 6.45) is 4.74. The van der Waals surface area contributed by atoms with Crippen molar-refractivity contribution in [1.29, 1.82) is 0 Å². The highest BCUT2D eigenvalue weighted by Crippen LogP contribution is 2.04. The van der Waals surface area contributed by atoms with E-state index in [1.807, 2.05) is 24.3 Å². The highest BCUT2D eigenvalue weighted by molar-refractivity contribution is 14.1. The van der Waals surface area contributed by atoms with Crippen molar-refractivity contribution in [2.75, 3.05) is 0 Å². The lowest BCUT2D eigenvalue weighted by Gasteiger charge is -1.98. The molecular formula is C13H10IN3O. The van der Waals surface area contributed by atoms with Crippen LogP contribution >= 0.6 is 22.6 Å². The quantitative estimate of drug-likeness (QED) is 0.525. The van der Waals surface area contributed by atoms with E-state index in [9.17, 15) is 4.79 Å². The third-order valence-corrected chi connectivity index (χ3v) is 2.91.